The Kier molecular flexibility index (Phi) is 5.82. The van der Waals surface area contributed by atoms with Gasteiger partial charge in [0.2, 0.25) is 5.91 Å². The van der Waals surface area contributed by atoms with E-state index in [1.54, 1.807) is 23.0 Å². The van der Waals surface area contributed by atoms with Crippen molar-refractivity contribution in [1.29, 1.82) is 0 Å². The third-order valence-corrected chi connectivity index (χ3v) is 2.96. The molecule has 0 aliphatic carbocycles. The van der Waals surface area contributed by atoms with Gasteiger partial charge in [-0.25, -0.2) is 0 Å². The van der Waals surface area contributed by atoms with Crippen LogP contribution in [0.1, 0.15) is 20.3 Å². The Morgan fingerprint density at radius 2 is 2.09 bits per heavy atom. The molecule has 2 rings (SSSR count). The maximum atomic E-state index is 12.1. The number of carbonyl (C=O) groups excluding carboxylic acids is 1. The predicted molar refractivity (Wildman–Crippen MR) is 84.3 cm³/mol. The van der Waals surface area contributed by atoms with Crippen molar-refractivity contribution in [3.8, 4) is 11.5 Å². The Hall–Kier alpha value is -2.50. The number of rotatable bonds is 8. The number of carbonyl (C=O) groups is 1. The number of anilines is 1. The molecule has 2 aromatic rings. The van der Waals surface area contributed by atoms with Gasteiger partial charge in [-0.2, -0.15) is 5.10 Å². The molecule has 0 unspecified atom stereocenters. The number of aryl methyl sites for hydroxylation is 1. The van der Waals surface area contributed by atoms with Gasteiger partial charge >= 0.3 is 0 Å². The maximum absolute atomic E-state index is 12.1. The molecule has 0 fully saturated rings. The van der Waals surface area contributed by atoms with Crippen molar-refractivity contribution < 1.29 is 14.3 Å². The Labute approximate surface area is 130 Å². The van der Waals surface area contributed by atoms with Gasteiger partial charge in [-0.1, -0.05) is 0 Å². The second-order valence-corrected chi connectivity index (χ2v) is 4.59. The van der Waals surface area contributed by atoms with Crippen molar-refractivity contribution in [2.75, 3.05) is 18.5 Å². The summed E-state index contributed by atoms with van der Waals surface area (Å²) in [4.78, 5) is 12.1. The number of amides is 1. The van der Waals surface area contributed by atoms with Gasteiger partial charge in [0.15, 0.2) is 0 Å². The van der Waals surface area contributed by atoms with Gasteiger partial charge in [0, 0.05) is 31.4 Å². The van der Waals surface area contributed by atoms with E-state index in [9.17, 15) is 4.79 Å². The molecule has 1 heterocycles. The molecule has 0 spiro atoms. The van der Waals surface area contributed by atoms with Crippen LogP contribution in [-0.4, -0.2) is 28.9 Å². The van der Waals surface area contributed by atoms with Gasteiger partial charge in [-0.15, -0.1) is 0 Å². The quantitative estimate of drug-likeness (QED) is 0.814. The average molecular weight is 303 g/mol. The summed E-state index contributed by atoms with van der Waals surface area (Å²) in [5.74, 6) is 1.25. The van der Waals surface area contributed by atoms with Crippen LogP contribution < -0.4 is 14.8 Å². The molecule has 0 saturated heterocycles. The topological polar surface area (TPSA) is 65.4 Å². The molecule has 0 aliphatic heterocycles. The van der Waals surface area contributed by atoms with Crippen LogP contribution in [0.25, 0.3) is 0 Å². The summed E-state index contributed by atoms with van der Waals surface area (Å²) in [6.07, 6.45) is 3.86. The van der Waals surface area contributed by atoms with Gasteiger partial charge in [-0.05, 0) is 32.0 Å². The van der Waals surface area contributed by atoms with Crippen molar-refractivity contribution in [1.82, 2.24) is 9.78 Å². The van der Waals surface area contributed by atoms with Gasteiger partial charge in [0.1, 0.15) is 11.5 Å². The summed E-state index contributed by atoms with van der Waals surface area (Å²) in [6, 6.07) is 7.24. The van der Waals surface area contributed by atoms with Crippen LogP contribution in [0.3, 0.4) is 0 Å². The molecule has 118 valence electrons. The third-order valence-electron chi connectivity index (χ3n) is 2.96. The van der Waals surface area contributed by atoms with Crippen LogP contribution in [0.4, 0.5) is 5.69 Å². The highest BCUT2D eigenvalue weighted by Gasteiger charge is 2.10. The zero-order chi connectivity index (χ0) is 15.8. The first-order valence-electron chi connectivity index (χ1n) is 7.39. The minimum Gasteiger partial charge on any atom is -0.494 e. The largest absolute Gasteiger partial charge is 0.494 e. The molecule has 0 bridgehead atoms. The van der Waals surface area contributed by atoms with Crippen LogP contribution in [0.2, 0.25) is 0 Å². The third kappa shape index (κ3) is 4.51. The second kappa shape index (κ2) is 8.07. The van der Waals surface area contributed by atoms with Crippen LogP contribution in [0.15, 0.2) is 36.7 Å². The first kappa shape index (κ1) is 15.9. The first-order chi connectivity index (χ1) is 10.7. The van der Waals surface area contributed by atoms with E-state index in [1.165, 1.54) is 0 Å². The lowest BCUT2D eigenvalue weighted by atomic mass is 10.2. The van der Waals surface area contributed by atoms with Gasteiger partial charge < -0.3 is 14.8 Å². The maximum Gasteiger partial charge on any atom is 0.226 e. The number of benzene rings is 1. The lowest BCUT2D eigenvalue weighted by molar-refractivity contribution is -0.116. The smallest absolute Gasteiger partial charge is 0.226 e. The number of hydrogen-bond donors (Lipinski definition) is 1. The average Bonchev–Trinajstić information content (AvgIpc) is 3.02. The summed E-state index contributed by atoms with van der Waals surface area (Å²) in [7, 11) is 0. The van der Waals surface area contributed by atoms with E-state index in [4.69, 9.17) is 9.47 Å². The van der Waals surface area contributed by atoms with E-state index in [-0.39, 0.29) is 5.91 Å². The van der Waals surface area contributed by atoms with E-state index in [0.29, 0.717) is 43.4 Å². The second-order valence-electron chi connectivity index (χ2n) is 4.59. The van der Waals surface area contributed by atoms with E-state index in [2.05, 4.69) is 10.4 Å². The van der Waals surface area contributed by atoms with Gasteiger partial charge in [0.25, 0.3) is 0 Å². The zero-order valence-corrected chi connectivity index (χ0v) is 12.9. The molecule has 0 radical (unpaired) electrons. The van der Waals surface area contributed by atoms with Crippen molar-refractivity contribution in [3.05, 3.63) is 36.7 Å². The van der Waals surface area contributed by atoms with Crippen molar-refractivity contribution >= 4 is 11.6 Å². The fourth-order valence-corrected chi connectivity index (χ4v) is 2.01. The molecule has 0 saturated carbocycles. The minimum absolute atomic E-state index is 0.0925. The van der Waals surface area contributed by atoms with Crippen molar-refractivity contribution in [2.24, 2.45) is 0 Å². The number of hydrogen-bond acceptors (Lipinski definition) is 4. The molecule has 1 aromatic carbocycles. The first-order valence-corrected chi connectivity index (χ1v) is 7.39. The Morgan fingerprint density at radius 1 is 1.27 bits per heavy atom. The minimum atomic E-state index is -0.0925. The summed E-state index contributed by atoms with van der Waals surface area (Å²) >= 11 is 0. The van der Waals surface area contributed by atoms with Crippen molar-refractivity contribution in [3.63, 3.8) is 0 Å². The van der Waals surface area contributed by atoms with Crippen LogP contribution in [0, 0.1) is 0 Å². The Morgan fingerprint density at radius 3 is 2.77 bits per heavy atom. The summed E-state index contributed by atoms with van der Waals surface area (Å²) in [6.45, 7) is 5.46. The molecule has 0 atom stereocenters. The summed E-state index contributed by atoms with van der Waals surface area (Å²) in [5, 5.41) is 6.94. The lowest BCUT2D eigenvalue weighted by Crippen LogP contribution is -2.15. The monoisotopic (exact) mass is 303 g/mol. The van der Waals surface area contributed by atoms with Crippen molar-refractivity contribution in [2.45, 2.75) is 26.8 Å². The number of aromatic nitrogens is 2. The normalized spacial score (nSPS) is 10.3. The van der Waals surface area contributed by atoms with E-state index >= 15 is 0 Å². The zero-order valence-electron chi connectivity index (χ0n) is 12.9. The standard InChI is InChI=1S/C16H21N3O3/c1-3-21-13-6-7-15(22-4-2)14(12-13)18-16(20)8-11-19-10-5-9-17-19/h5-7,9-10,12H,3-4,8,11H2,1-2H3,(H,18,20). The van der Waals surface area contributed by atoms with Crippen LogP contribution >= 0.6 is 0 Å². The van der Waals surface area contributed by atoms with Gasteiger partial charge in [-0.3, -0.25) is 9.48 Å². The molecule has 1 aromatic heterocycles. The SMILES string of the molecule is CCOc1ccc(OCC)c(NC(=O)CCn2cccn2)c1. The highest BCUT2D eigenvalue weighted by Crippen LogP contribution is 2.29. The number of ether oxygens (including phenoxy) is 2. The van der Waals surface area contributed by atoms with Crippen LogP contribution in [-0.2, 0) is 11.3 Å². The molecule has 1 N–H and O–H groups in total. The molecular formula is C16H21N3O3. The molecular weight excluding hydrogens is 282 g/mol. The fourth-order valence-electron chi connectivity index (χ4n) is 2.01. The van der Waals surface area contributed by atoms with E-state index in [0.717, 1.165) is 0 Å². The Bertz CT molecular complexity index is 597. The summed E-state index contributed by atoms with van der Waals surface area (Å²) < 4.78 is 12.7. The highest BCUT2D eigenvalue weighted by molar-refractivity contribution is 5.92. The molecule has 0 aliphatic rings. The molecule has 22 heavy (non-hydrogen) atoms. The fraction of sp³-hybridized carbons (Fsp3) is 0.375. The predicted octanol–water partition coefficient (Wildman–Crippen LogP) is 2.71. The van der Waals surface area contributed by atoms with E-state index in [1.807, 2.05) is 32.2 Å². The van der Waals surface area contributed by atoms with Crippen LogP contribution in [0.5, 0.6) is 11.5 Å². The Balaban J connectivity index is 2.01. The van der Waals surface area contributed by atoms with Gasteiger partial charge in [0.05, 0.1) is 18.9 Å². The van der Waals surface area contributed by atoms with E-state index < -0.39 is 0 Å². The highest BCUT2D eigenvalue weighted by atomic mass is 16.5. The molecule has 6 nitrogen and oxygen atoms in total. The molecule has 1 amide bonds. The summed E-state index contributed by atoms with van der Waals surface area (Å²) in [5.41, 5.74) is 0.623. The number of nitrogens with zero attached hydrogens (tertiary/aromatic N) is 2. The molecule has 6 heteroatoms. The number of nitrogens with one attached hydrogen (secondary N) is 1. The lowest BCUT2D eigenvalue weighted by Gasteiger charge is -2.13.